The normalized spacial score (nSPS) is 10.4. The molecule has 0 bridgehead atoms. The fraction of sp³-hybridized carbons (Fsp3) is 0.316. The van der Waals surface area contributed by atoms with E-state index in [1.807, 2.05) is 63.2 Å². The summed E-state index contributed by atoms with van der Waals surface area (Å²) in [6.45, 7) is 4.65. The Morgan fingerprint density at radius 3 is 2.72 bits per heavy atom. The molecule has 0 atom stereocenters. The van der Waals surface area contributed by atoms with Crippen LogP contribution in [0.3, 0.4) is 0 Å². The third kappa shape index (κ3) is 5.30. The number of likely N-dealkylation sites (N-methyl/N-ethyl adjacent to an activating group) is 1. The molecule has 2 rings (SSSR count). The van der Waals surface area contributed by atoms with Gasteiger partial charge in [-0.15, -0.1) is 0 Å². The summed E-state index contributed by atoms with van der Waals surface area (Å²) < 4.78 is 0. The van der Waals surface area contributed by atoms with Gasteiger partial charge in [0.1, 0.15) is 11.9 Å². The van der Waals surface area contributed by atoms with Gasteiger partial charge in [-0.1, -0.05) is 12.1 Å². The van der Waals surface area contributed by atoms with Crippen LogP contribution in [0.4, 0.5) is 11.5 Å². The number of carbonyl (C=O) groups is 1. The van der Waals surface area contributed by atoms with E-state index in [1.54, 1.807) is 0 Å². The van der Waals surface area contributed by atoms with Crippen LogP contribution >= 0.6 is 0 Å². The number of aromatic nitrogens is 1. The van der Waals surface area contributed by atoms with Crippen molar-refractivity contribution in [2.75, 3.05) is 31.3 Å². The van der Waals surface area contributed by atoms with Crippen LogP contribution in [0.5, 0.6) is 0 Å². The fourth-order valence-corrected chi connectivity index (χ4v) is 2.54. The van der Waals surface area contributed by atoms with Crippen LogP contribution in [0.15, 0.2) is 30.3 Å². The first-order chi connectivity index (χ1) is 11.9. The van der Waals surface area contributed by atoms with E-state index in [2.05, 4.69) is 21.7 Å². The van der Waals surface area contributed by atoms with Crippen molar-refractivity contribution in [1.29, 1.82) is 5.26 Å². The minimum absolute atomic E-state index is 0.0575. The third-order valence-electron chi connectivity index (χ3n) is 3.59. The fourth-order valence-electron chi connectivity index (χ4n) is 2.54. The minimum atomic E-state index is -0.0575. The summed E-state index contributed by atoms with van der Waals surface area (Å²) >= 11 is 0. The van der Waals surface area contributed by atoms with Crippen molar-refractivity contribution in [3.05, 3.63) is 52.7 Å². The molecule has 0 aliphatic rings. The molecule has 25 heavy (non-hydrogen) atoms. The number of anilines is 2. The summed E-state index contributed by atoms with van der Waals surface area (Å²) in [7, 11) is 3.70. The van der Waals surface area contributed by atoms with Crippen LogP contribution in [-0.4, -0.2) is 36.4 Å². The van der Waals surface area contributed by atoms with Gasteiger partial charge in [-0.2, -0.15) is 5.26 Å². The Kier molecular flexibility index (Phi) is 6.09. The zero-order valence-electron chi connectivity index (χ0n) is 15.1. The lowest BCUT2D eigenvalue weighted by atomic mass is 10.1. The number of hydrogen-bond donors (Lipinski definition) is 2. The van der Waals surface area contributed by atoms with Crippen molar-refractivity contribution in [2.45, 2.75) is 20.4 Å². The van der Waals surface area contributed by atoms with Crippen LogP contribution < -0.4 is 10.6 Å². The van der Waals surface area contributed by atoms with Crippen LogP contribution in [0.25, 0.3) is 0 Å². The molecule has 0 saturated heterocycles. The third-order valence-corrected chi connectivity index (χ3v) is 3.59. The Morgan fingerprint density at radius 2 is 2.04 bits per heavy atom. The maximum Gasteiger partial charge on any atom is 0.238 e. The van der Waals surface area contributed by atoms with E-state index in [4.69, 9.17) is 0 Å². The number of nitriles is 1. The number of nitrogens with zero attached hydrogens (tertiary/aromatic N) is 3. The highest BCUT2D eigenvalue weighted by atomic mass is 16.2. The first-order valence-electron chi connectivity index (χ1n) is 8.04. The molecule has 0 fully saturated rings. The van der Waals surface area contributed by atoms with Crippen molar-refractivity contribution in [2.24, 2.45) is 0 Å². The van der Waals surface area contributed by atoms with Gasteiger partial charge < -0.3 is 15.5 Å². The smallest absolute Gasteiger partial charge is 0.238 e. The highest BCUT2D eigenvalue weighted by molar-refractivity contribution is 5.92. The molecule has 6 nitrogen and oxygen atoms in total. The topological polar surface area (TPSA) is 81.0 Å². The number of carbonyl (C=O) groups excluding carboxylic acids is 1. The van der Waals surface area contributed by atoms with Gasteiger partial charge in [-0.25, -0.2) is 4.98 Å². The second kappa shape index (κ2) is 8.27. The lowest BCUT2D eigenvalue weighted by Gasteiger charge is -2.12. The van der Waals surface area contributed by atoms with Gasteiger partial charge in [0.2, 0.25) is 5.91 Å². The molecule has 6 heteroatoms. The highest BCUT2D eigenvalue weighted by Crippen LogP contribution is 2.19. The van der Waals surface area contributed by atoms with Crippen LogP contribution in [0, 0.1) is 25.2 Å². The van der Waals surface area contributed by atoms with Crippen LogP contribution in [0.1, 0.15) is 22.4 Å². The van der Waals surface area contributed by atoms with E-state index in [-0.39, 0.29) is 5.91 Å². The molecule has 2 aromatic rings. The van der Waals surface area contributed by atoms with Gasteiger partial charge in [-0.3, -0.25) is 4.79 Å². The number of hydrogen-bond acceptors (Lipinski definition) is 5. The molecular formula is C19H23N5O. The number of benzene rings is 1. The van der Waals surface area contributed by atoms with Crippen molar-refractivity contribution in [1.82, 2.24) is 9.88 Å². The predicted molar refractivity (Wildman–Crippen MR) is 99.4 cm³/mol. The SMILES string of the molecule is Cc1cc(C)c(C#N)c(NCc2cccc(NC(=O)CN(C)C)c2)n1. The van der Waals surface area contributed by atoms with Gasteiger partial charge in [-0.05, 0) is 57.3 Å². The van der Waals surface area contributed by atoms with E-state index < -0.39 is 0 Å². The van der Waals surface area contributed by atoms with E-state index in [9.17, 15) is 10.1 Å². The molecular weight excluding hydrogens is 314 g/mol. The lowest BCUT2D eigenvalue weighted by molar-refractivity contribution is -0.116. The Balaban J connectivity index is 2.09. The maximum absolute atomic E-state index is 11.9. The van der Waals surface area contributed by atoms with Gasteiger partial charge >= 0.3 is 0 Å². The molecule has 0 spiro atoms. The summed E-state index contributed by atoms with van der Waals surface area (Å²) in [4.78, 5) is 18.1. The highest BCUT2D eigenvalue weighted by Gasteiger charge is 2.09. The van der Waals surface area contributed by atoms with Crippen LogP contribution in [0.2, 0.25) is 0 Å². The van der Waals surface area contributed by atoms with E-state index in [1.165, 1.54) is 0 Å². The van der Waals surface area contributed by atoms with Crippen molar-refractivity contribution in [3.8, 4) is 6.07 Å². The Labute approximate surface area is 148 Å². The molecule has 0 aliphatic carbocycles. The molecule has 0 radical (unpaired) electrons. The zero-order chi connectivity index (χ0) is 18.4. The van der Waals surface area contributed by atoms with Crippen molar-refractivity contribution >= 4 is 17.4 Å². The zero-order valence-corrected chi connectivity index (χ0v) is 15.1. The molecule has 1 aromatic carbocycles. The largest absolute Gasteiger partial charge is 0.365 e. The van der Waals surface area contributed by atoms with Gasteiger partial charge in [0.25, 0.3) is 0 Å². The molecule has 1 amide bonds. The van der Waals surface area contributed by atoms with E-state index >= 15 is 0 Å². The number of nitrogens with one attached hydrogen (secondary N) is 2. The van der Waals surface area contributed by atoms with E-state index in [0.717, 1.165) is 22.5 Å². The summed E-state index contributed by atoms with van der Waals surface area (Å²) in [6, 6.07) is 11.7. The number of rotatable bonds is 6. The molecule has 1 aromatic heterocycles. The molecule has 0 unspecified atom stereocenters. The number of pyridine rings is 1. The monoisotopic (exact) mass is 337 g/mol. The number of amides is 1. The summed E-state index contributed by atoms with van der Waals surface area (Å²) in [5.74, 6) is 0.528. The average molecular weight is 337 g/mol. The Hall–Kier alpha value is -2.91. The van der Waals surface area contributed by atoms with Gasteiger partial charge in [0, 0.05) is 17.9 Å². The average Bonchev–Trinajstić information content (AvgIpc) is 2.52. The molecule has 2 N–H and O–H groups in total. The van der Waals surface area contributed by atoms with Gasteiger partial charge in [0.05, 0.1) is 12.1 Å². The second-order valence-corrected chi connectivity index (χ2v) is 6.26. The minimum Gasteiger partial charge on any atom is -0.365 e. The first-order valence-corrected chi connectivity index (χ1v) is 8.04. The van der Waals surface area contributed by atoms with E-state index in [0.29, 0.717) is 24.5 Å². The Morgan fingerprint density at radius 1 is 1.28 bits per heavy atom. The lowest BCUT2D eigenvalue weighted by Crippen LogP contribution is -2.27. The standard InChI is InChI=1S/C19H23N5O/c1-13-8-14(2)22-19(17(13)10-20)21-11-15-6-5-7-16(9-15)23-18(25)12-24(3)4/h5-9H,11-12H2,1-4H3,(H,21,22)(H,23,25). The molecule has 1 heterocycles. The number of aryl methyl sites for hydroxylation is 2. The maximum atomic E-state index is 11.9. The summed E-state index contributed by atoms with van der Waals surface area (Å²) in [5.41, 5.74) is 4.07. The second-order valence-electron chi connectivity index (χ2n) is 6.26. The van der Waals surface area contributed by atoms with Crippen LogP contribution in [-0.2, 0) is 11.3 Å². The quantitative estimate of drug-likeness (QED) is 0.847. The Bertz CT molecular complexity index is 808. The van der Waals surface area contributed by atoms with Gasteiger partial charge in [0.15, 0.2) is 0 Å². The first kappa shape index (κ1) is 18.4. The molecule has 130 valence electrons. The predicted octanol–water partition coefficient (Wildman–Crippen LogP) is 2.68. The molecule has 0 saturated carbocycles. The van der Waals surface area contributed by atoms with Crippen molar-refractivity contribution < 1.29 is 4.79 Å². The van der Waals surface area contributed by atoms with Crippen molar-refractivity contribution in [3.63, 3.8) is 0 Å². The summed E-state index contributed by atoms with van der Waals surface area (Å²) in [6.07, 6.45) is 0. The summed E-state index contributed by atoms with van der Waals surface area (Å²) in [5, 5.41) is 15.4. The molecule has 0 aliphatic heterocycles.